The molecule has 2 aromatic heterocycles. The first-order chi connectivity index (χ1) is 15.0. The summed E-state index contributed by atoms with van der Waals surface area (Å²) in [6, 6.07) is 21.0. The van der Waals surface area contributed by atoms with Gasteiger partial charge >= 0.3 is 0 Å². The smallest absolute Gasteiger partial charge is 0.264 e. The van der Waals surface area contributed by atoms with Crippen molar-refractivity contribution in [1.82, 2.24) is 14.7 Å². The van der Waals surface area contributed by atoms with Crippen molar-refractivity contribution in [3.63, 3.8) is 0 Å². The molecule has 2 aromatic carbocycles. The van der Waals surface area contributed by atoms with Crippen molar-refractivity contribution in [1.29, 1.82) is 0 Å². The number of fused-ring (bicyclic) bond motifs is 1. The highest BCUT2D eigenvalue weighted by molar-refractivity contribution is 7.20. The Morgan fingerprint density at radius 1 is 1.00 bits per heavy atom. The van der Waals surface area contributed by atoms with Crippen LogP contribution in [-0.4, -0.2) is 46.3 Å². The van der Waals surface area contributed by atoms with Gasteiger partial charge in [-0.05, 0) is 56.7 Å². The summed E-state index contributed by atoms with van der Waals surface area (Å²) in [5.41, 5.74) is 4.46. The number of amides is 1. The van der Waals surface area contributed by atoms with Crippen LogP contribution in [0.1, 0.15) is 27.9 Å². The van der Waals surface area contributed by atoms with Gasteiger partial charge in [-0.2, -0.15) is 5.10 Å². The lowest BCUT2D eigenvalue weighted by Crippen LogP contribution is -2.53. The van der Waals surface area contributed by atoms with E-state index < -0.39 is 0 Å². The Labute approximate surface area is 186 Å². The van der Waals surface area contributed by atoms with E-state index in [4.69, 9.17) is 5.10 Å². The van der Waals surface area contributed by atoms with E-state index >= 15 is 0 Å². The minimum atomic E-state index is 0.121. The number of para-hydroxylation sites is 1. The van der Waals surface area contributed by atoms with Crippen molar-refractivity contribution < 1.29 is 4.79 Å². The Hall–Kier alpha value is -3.12. The molecule has 31 heavy (non-hydrogen) atoms. The second-order valence-electron chi connectivity index (χ2n) is 8.29. The van der Waals surface area contributed by atoms with E-state index in [9.17, 15) is 4.79 Å². The lowest BCUT2D eigenvalue weighted by Gasteiger charge is -2.41. The molecule has 0 bridgehead atoms. The maximum Gasteiger partial charge on any atom is 0.264 e. The number of benzene rings is 2. The number of carbonyl (C=O) groups is 1. The highest BCUT2D eigenvalue weighted by Crippen LogP contribution is 2.32. The van der Waals surface area contributed by atoms with E-state index in [0.717, 1.165) is 46.1 Å². The van der Waals surface area contributed by atoms with Crippen molar-refractivity contribution in [2.45, 2.75) is 26.8 Å². The largest absolute Gasteiger partial charge is 0.365 e. The van der Waals surface area contributed by atoms with Crippen LogP contribution in [0.4, 0.5) is 5.69 Å². The van der Waals surface area contributed by atoms with Crippen molar-refractivity contribution in [2.75, 3.05) is 24.5 Å². The fraction of sp³-hybridized carbons (Fsp3) is 0.280. The number of nitrogens with zero attached hydrogens (tertiary/aromatic N) is 4. The number of aryl methyl sites for hydroxylation is 2. The molecule has 1 atom stereocenters. The van der Waals surface area contributed by atoms with Gasteiger partial charge in [0.1, 0.15) is 4.83 Å². The second-order valence-corrected chi connectivity index (χ2v) is 9.33. The van der Waals surface area contributed by atoms with Crippen LogP contribution < -0.4 is 4.90 Å². The molecule has 1 saturated heterocycles. The number of thiophene rings is 1. The molecule has 0 radical (unpaired) electrons. The van der Waals surface area contributed by atoms with Gasteiger partial charge in [-0.3, -0.25) is 4.79 Å². The molecule has 0 spiro atoms. The standard InChI is InChI=1S/C25H26N4OS/c1-17-8-7-11-21(14-17)28-13-12-27(16-18(28)2)24(30)23-15-22-19(3)26-29(25(22)31-23)20-9-5-4-6-10-20/h4-11,14-15,18H,12-13,16H2,1-3H3/t18-/m1/s1. The zero-order valence-electron chi connectivity index (χ0n) is 18.1. The molecule has 0 unspecified atom stereocenters. The topological polar surface area (TPSA) is 41.4 Å². The van der Waals surface area contributed by atoms with E-state index in [1.165, 1.54) is 22.6 Å². The molecule has 1 aliphatic rings. The molecule has 1 fully saturated rings. The first-order valence-electron chi connectivity index (χ1n) is 10.7. The molecule has 0 aliphatic carbocycles. The van der Waals surface area contributed by atoms with Crippen molar-refractivity contribution in [3.05, 3.63) is 76.8 Å². The maximum atomic E-state index is 13.4. The molecule has 0 N–H and O–H groups in total. The Morgan fingerprint density at radius 2 is 1.77 bits per heavy atom. The molecule has 3 heterocycles. The van der Waals surface area contributed by atoms with Crippen molar-refractivity contribution >= 4 is 33.1 Å². The van der Waals surface area contributed by atoms with Gasteiger partial charge in [0.2, 0.25) is 0 Å². The summed E-state index contributed by atoms with van der Waals surface area (Å²) < 4.78 is 1.95. The Morgan fingerprint density at radius 3 is 2.52 bits per heavy atom. The summed E-state index contributed by atoms with van der Waals surface area (Å²) in [4.78, 5) is 19.6. The highest BCUT2D eigenvalue weighted by Gasteiger charge is 2.29. The first kappa shape index (κ1) is 19.8. The number of hydrogen-bond acceptors (Lipinski definition) is 4. The molecular formula is C25H26N4OS. The lowest BCUT2D eigenvalue weighted by atomic mass is 10.1. The average Bonchev–Trinajstić information content (AvgIpc) is 3.34. The van der Waals surface area contributed by atoms with Crippen LogP contribution in [0.15, 0.2) is 60.7 Å². The molecule has 5 nitrogen and oxygen atoms in total. The number of aromatic nitrogens is 2. The van der Waals surface area contributed by atoms with Gasteiger partial charge < -0.3 is 9.80 Å². The molecule has 1 aliphatic heterocycles. The third-order valence-electron chi connectivity index (χ3n) is 6.00. The molecule has 6 heteroatoms. The Balaban J connectivity index is 1.38. The van der Waals surface area contributed by atoms with E-state index in [0.29, 0.717) is 0 Å². The van der Waals surface area contributed by atoms with Gasteiger partial charge in [0.15, 0.2) is 0 Å². The molecule has 0 saturated carbocycles. The zero-order valence-corrected chi connectivity index (χ0v) is 18.9. The summed E-state index contributed by atoms with van der Waals surface area (Å²) in [5, 5.41) is 5.75. The van der Waals surface area contributed by atoms with Gasteiger partial charge in [0, 0.05) is 36.7 Å². The molecule has 158 valence electrons. The van der Waals surface area contributed by atoms with E-state index in [1.807, 2.05) is 52.9 Å². The van der Waals surface area contributed by atoms with E-state index in [-0.39, 0.29) is 11.9 Å². The number of anilines is 1. The zero-order chi connectivity index (χ0) is 21.5. The summed E-state index contributed by atoms with van der Waals surface area (Å²) >= 11 is 1.54. The van der Waals surface area contributed by atoms with Crippen LogP contribution in [0.5, 0.6) is 0 Å². The summed E-state index contributed by atoms with van der Waals surface area (Å²) in [6.45, 7) is 8.63. The summed E-state index contributed by atoms with van der Waals surface area (Å²) in [5.74, 6) is 0.121. The van der Waals surface area contributed by atoms with Gasteiger partial charge in [-0.25, -0.2) is 4.68 Å². The number of piperazine rings is 1. The minimum absolute atomic E-state index is 0.121. The average molecular weight is 431 g/mol. The normalized spacial score (nSPS) is 16.8. The first-order valence-corrected chi connectivity index (χ1v) is 11.5. The molecule has 1 amide bonds. The van der Waals surface area contributed by atoms with Crippen LogP contribution in [0.25, 0.3) is 15.9 Å². The van der Waals surface area contributed by atoms with Crippen LogP contribution in [0, 0.1) is 13.8 Å². The summed E-state index contributed by atoms with van der Waals surface area (Å²) in [6.07, 6.45) is 0. The van der Waals surface area contributed by atoms with Crippen LogP contribution in [-0.2, 0) is 0 Å². The quantitative estimate of drug-likeness (QED) is 0.456. The fourth-order valence-corrected chi connectivity index (χ4v) is 5.54. The summed E-state index contributed by atoms with van der Waals surface area (Å²) in [7, 11) is 0. The molecule has 5 rings (SSSR count). The number of rotatable bonds is 3. The van der Waals surface area contributed by atoms with E-state index in [2.05, 4.69) is 43.0 Å². The fourth-order valence-electron chi connectivity index (χ4n) is 4.38. The van der Waals surface area contributed by atoms with Gasteiger partial charge in [0.05, 0.1) is 16.3 Å². The second kappa shape index (κ2) is 7.85. The highest BCUT2D eigenvalue weighted by atomic mass is 32.1. The van der Waals surface area contributed by atoms with Gasteiger partial charge in [-0.1, -0.05) is 30.3 Å². The van der Waals surface area contributed by atoms with Gasteiger partial charge in [0.25, 0.3) is 5.91 Å². The predicted octanol–water partition coefficient (Wildman–Crippen LogP) is 5.05. The van der Waals surface area contributed by atoms with Crippen LogP contribution >= 0.6 is 11.3 Å². The number of hydrogen-bond donors (Lipinski definition) is 0. The van der Waals surface area contributed by atoms with Crippen LogP contribution in [0.3, 0.4) is 0 Å². The molecule has 4 aromatic rings. The SMILES string of the molecule is Cc1cccc(N2CCN(C(=O)c3cc4c(C)nn(-c5ccccc5)c4s3)C[C@H]2C)c1. The molecular weight excluding hydrogens is 404 g/mol. The lowest BCUT2D eigenvalue weighted by molar-refractivity contribution is 0.0731. The Bertz CT molecular complexity index is 1240. The third-order valence-corrected chi connectivity index (χ3v) is 7.10. The number of carbonyl (C=O) groups excluding carboxylic acids is 1. The third kappa shape index (κ3) is 3.61. The van der Waals surface area contributed by atoms with E-state index in [1.54, 1.807) is 0 Å². The monoisotopic (exact) mass is 430 g/mol. The Kier molecular flexibility index (Phi) is 5.02. The van der Waals surface area contributed by atoms with Crippen molar-refractivity contribution in [3.8, 4) is 5.69 Å². The maximum absolute atomic E-state index is 13.4. The van der Waals surface area contributed by atoms with Crippen LogP contribution in [0.2, 0.25) is 0 Å². The predicted molar refractivity (Wildman–Crippen MR) is 128 cm³/mol. The minimum Gasteiger partial charge on any atom is -0.365 e. The van der Waals surface area contributed by atoms with Gasteiger partial charge in [-0.15, -0.1) is 11.3 Å². The van der Waals surface area contributed by atoms with Crippen molar-refractivity contribution in [2.24, 2.45) is 0 Å².